The SMILES string of the molecule is COc1cc(-c2cc(C(F)(F)F)ccc2NC(=O)/C(Cc2cccc(F)c2F)=C(\C)C(C)(C)N(C)NC=O)cnc1C#N. The summed E-state index contributed by atoms with van der Waals surface area (Å²) in [6, 6.07) is 9.29. The fourth-order valence-corrected chi connectivity index (χ4v) is 4.22. The molecule has 226 valence electrons. The van der Waals surface area contributed by atoms with Crippen LogP contribution in [0.5, 0.6) is 5.75 Å². The van der Waals surface area contributed by atoms with E-state index in [0.717, 1.165) is 24.3 Å². The van der Waals surface area contributed by atoms with Crippen molar-refractivity contribution in [1.82, 2.24) is 15.4 Å². The summed E-state index contributed by atoms with van der Waals surface area (Å²) in [6.07, 6.45) is -3.52. The highest BCUT2D eigenvalue weighted by Gasteiger charge is 2.33. The smallest absolute Gasteiger partial charge is 0.416 e. The van der Waals surface area contributed by atoms with Gasteiger partial charge in [-0.3, -0.25) is 15.0 Å². The first kappa shape index (κ1) is 32.7. The normalized spacial score (nSPS) is 12.3. The highest BCUT2D eigenvalue weighted by atomic mass is 19.4. The maximum atomic E-state index is 14.7. The number of hydrogen-bond acceptors (Lipinski definition) is 6. The van der Waals surface area contributed by atoms with Gasteiger partial charge in [0, 0.05) is 42.1 Å². The standard InChI is InChI=1S/C30H28F5N5O3/c1-17(29(2,3)40(4)38-16-41)21(11-18-7-6-8-23(31)27(18)32)28(42)39-24-10-9-20(30(33,34)35)13-22(24)19-12-26(43-5)25(14-36)37-15-19/h6-10,12-13,15-16H,11H2,1-5H3,(H,38,41)(H,39,42)/b21-17+. The quantitative estimate of drug-likeness (QED) is 0.132. The molecule has 0 saturated carbocycles. The Hall–Kier alpha value is -4.83. The zero-order valence-corrected chi connectivity index (χ0v) is 23.9. The lowest BCUT2D eigenvalue weighted by Gasteiger charge is -2.37. The molecule has 0 aliphatic rings. The van der Waals surface area contributed by atoms with E-state index in [9.17, 15) is 36.8 Å². The molecule has 0 spiro atoms. The number of carbonyl (C=O) groups is 2. The van der Waals surface area contributed by atoms with Gasteiger partial charge in [-0.2, -0.15) is 18.4 Å². The van der Waals surface area contributed by atoms with Crippen LogP contribution in [0.4, 0.5) is 27.6 Å². The third kappa shape index (κ3) is 7.15. The van der Waals surface area contributed by atoms with E-state index in [1.165, 1.54) is 43.6 Å². The van der Waals surface area contributed by atoms with Gasteiger partial charge in [0.25, 0.3) is 5.91 Å². The van der Waals surface area contributed by atoms with Gasteiger partial charge in [-0.25, -0.2) is 18.8 Å². The van der Waals surface area contributed by atoms with Crippen molar-refractivity contribution in [3.05, 3.63) is 88.3 Å². The largest absolute Gasteiger partial charge is 0.494 e. The van der Waals surface area contributed by atoms with Crippen LogP contribution >= 0.6 is 0 Å². The predicted octanol–water partition coefficient (Wildman–Crippen LogP) is 5.79. The van der Waals surface area contributed by atoms with Gasteiger partial charge in [-0.15, -0.1) is 0 Å². The zero-order chi connectivity index (χ0) is 32.1. The molecular weight excluding hydrogens is 573 g/mol. The summed E-state index contributed by atoms with van der Waals surface area (Å²) in [7, 11) is 2.80. The van der Waals surface area contributed by atoms with Crippen LogP contribution < -0.4 is 15.5 Å². The summed E-state index contributed by atoms with van der Waals surface area (Å²) in [5.41, 5.74) is 0.447. The molecule has 2 N–H and O–H groups in total. The number of benzene rings is 2. The van der Waals surface area contributed by atoms with E-state index in [1.54, 1.807) is 20.8 Å². The Labute approximate surface area is 244 Å². The maximum Gasteiger partial charge on any atom is 0.416 e. The summed E-state index contributed by atoms with van der Waals surface area (Å²) in [5, 5.41) is 13.3. The molecule has 0 saturated heterocycles. The van der Waals surface area contributed by atoms with Gasteiger partial charge in [0.05, 0.1) is 18.2 Å². The molecular formula is C30H28F5N5O3. The number of methoxy groups -OCH3 is 1. The van der Waals surface area contributed by atoms with Gasteiger partial charge in [0.15, 0.2) is 23.1 Å². The molecule has 3 rings (SSSR count). The van der Waals surface area contributed by atoms with Crippen LogP contribution in [0.25, 0.3) is 11.1 Å². The Morgan fingerprint density at radius 2 is 1.86 bits per heavy atom. The van der Waals surface area contributed by atoms with Crippen molar-refractivity contribution in [2.24, 2.45) is 0 Å². The third-order valence-corrected chi connectivity index (χ3v) is 7.21. The molecule has 8 nitrogen and oxygen atoms in total. The number of likely N-dealkylation sites (N-methyl/N-ethyl adjacent to an activating group) is 1. The lowest BCUT2D eigenvalue weighted by atomic mass is 9.87. The van der Waals surface area contributed by atoms with Crippen molar-refractivity contribution >= 4 is 18.0 Å². The van der Waals surface area contributed by atoms with Crippen molar-refractivity contribution in [2.45, 2.75) is 38.9 Å². The van der Waals surface area contributed by atoms with E-state index in [0.29, 0.717) is 12.0 Å². The number of hydrogen-bond donors (Lipinski definition) is 2. The zero-order valence-electron chi connectivity index (χ0n) is 23.9. The Kier molecular flexibility index (Phi) is 9.88. The first-order valence-corrected chi connectivity index (χ1v) is 12.7. The van der Waals surface area contributed by atoms with Crippen LogP contribution in [0, 0.1) is 23.0 Å². The minimum Gasteiger partial charge on any atom is -0.494 e. The summed E-state index contributed by atoms with van der Waals surface area (Å²) < 4.78 is 75.0. The molecule has 0 bridgehead atoms. The van der Waals surface area contributed by atoms with Crippen molar-refractivity contribution in [3.63, 3.8) is 0 Å². The van der Waals surface area contributed by atoms with Crippen molar-refractivity contribution < 1.29 is 36.3 Å². The number of carbonyl (C=O) groups excluding carboxylic acids is 2. The molecule has 0 unspecified atom stereocenters. The topological polar surface area (TPSA) is 107 Å². The minimum atomic E-state index is -4.72. The van der Waals surface area contributed by atoms with Gasteiger partial charge in [-0.1, -0.05) is 12.1 Å². The number of anilines is 1. The lowest BCUT2D eigenvalue weighted by Crippen LogP contribution is -2.50. The molecule has 0 fully saturated rings. The number of hydrazine groups is 1. The Balaban J connectivity index is 2.20. The first-order valence-electron chi connectivity index (χ1n) is 12.7. The molecule has 0 radical (unpaired) electrons. The van der Waals surface area contributed by atoms with Crippen LogP contribution in [0.3, 0.4) is 0 Å². The van der Waals surface area contributed by atoms with Gasteiger partial charge >= 0.3 is 6.18 Å². The number of amides is 2. The second-order valence-corrected chi connectivity index (χ2v) is 9.96. The number of aromatic nitrogens is 1. The van der Waals surface area contributed by atoms with E-state index < -0.39 is 34.8 Å². The Bertz CT molecular complexity index is 1610. The fourth-order valence-electron chi connectivity index (χ4n) is 4.22. The molecule has 0 aliphatic heterocycles. The minimum absolute atomic E-state index is 0.000150. The number of alkyl halides is 3. The third-order valence-electron chi connectivity index (χ3n) is 7.21. The summed E-state index contributed by atoms with van der Waals surface area (Å²) in [5.74, 6) is -3.10. The molecule has 3 aromatic rings. The van der Waals surface area contributed by atoms with Crippen LogP contribution in [0.1, 0.15) is 37.6 Å². The summed E-state index contributed by atoms with van der Waals surface area (Å²) >= 11 is 0. The Morgan fingerprint density at radius 3 is 2.47 bits per heavy atom. The summed E-state index contributed by atoms with van der Waals surface area (Å²) in [6.45, 7) is 4.91. The van der Waals surface area contributed by atoms with Gasteiger partial charge < -0.3 is 10.1 Å². The monoisotopic (exact) mass is 601 g/mol. The number of nitrogens with one attached hydrogen (secondary N) is 2. The van der Waals surface area contributed by atoms with Gasteiger partial charge in [0.1, 0.15) is 6.07 Å². The fraction of sp³-hybridized carbons (Fsp3) is 0.267. The molecule has 1 heterocycles. The van der Waals surface area contributed by atoms with E-state index in [1.807, 2.05) is 6.07 Å². The molecule has 13 heteroatoms. The van der Waals surface area contributed by atoms with Crippen molar-refractivity contribution in [3.8, 4) is 22.9 Å². The maximum absolute atomic E-state index is 14.7. The average Bonchev–Trinajstić information content (AvgIpc) is 2.96. The number of nitriles is 1. The molecule has 0 atom stereocenters. The molecule has 2 aromatic carbocycles. The second kappa shape index (κ2) is 13.0. The van der Waals surface area contributed by atoms with E-state index in [-0.39, 0.29) is 45.8 Å². The van der Waals surface area contributed by atoms with Gasteiger partial charge in [-0.05, 0) is 62.2 Å². The average molecular weight is 602 g/mol. The van der Waals surface area contributed by atoms with Crippen LogP contribution in [0.15, 0.2) is 59.8 Å². The number of ether oxygens (including phenoxy) is 1. The highest BCUT2D eigenvalue weighted by molar-refractivity contribution is 6.06. The number of rotatable bonds is 10. The molecule has 0 aliphatic carbocycles. The summed E-state index contributed by atoms with van der Waals surface area (Å²) in [4.78, 5) is 28.9. The van der Waals surface area contributed by atoms with Crippen molar-refractivity contribution in [1.29, 1.82) is 5.26 Å². The van der Waals surface area contributed by atoms with E-state index >= 15 is 0 Å². The molecule has 2 amide bonds. The van der Waals surface area contributed by atoms with E-state index in [4.69, 9.17) is 4.74 Å². The predicted molar refractivity (Wildman–Crippen MR) is 148 cm³/mol. The first-order chi connectivity index (χ1) is 20.1. The van der Waals surface area contributed by atoms with E-state index in [2.05, 4.69) is 15.7 Å². The van der Waals surface area contributed by atoms with Gasteiger partial charge in [0.2, 0.25) is 6.41 Å². The highest BCUT2D eigenvalue weighted by Crippen LogP contribution is 2.38. The lowest BCUT2D eigenvalue weighted by molar-refractivity contribution is -0.137. The Morgan fingerprint density at radius 1 is 1.16 bits per heavy atom. The van der Waals surface area contributed by atoms with Crippen LogP contribution in [-0.4, -0.2) is 42.0 Å². The molecule has 43 heavy (non-hydrogen) atoms. The molecule has 1 aromatic heterocycles. The number of halogens is 5. The van der Waals surface area contributed by atoms with Crippen LogP contribution in [0.2, 0.25) is 0 Å². The number of nitrogens with zero attached hydrogens (tertiary/aromatic N) is 3. The second-order valence-electron chi connectivity index (χ2n) is 9.96. The number of pyridine rings is 1. The van der Waals surface area contributed by atoms with Crippen molar-refractivity contribution in [2.75, 3.05) is 19.5 Å². The van der Waals surface area contributed by atoms with Crippen LogP contribution in [-0.2, 0) is 22.2 Å².